The molecule has 2 heterocycles. The van der Waals surface area contributed by atoms with Crippen LogP contribution in [0.25, 0.3) is 0 Å². The summed E-state index contributed by atoms with van der Waals surface area (Å²) in [6.07, 6.45) is -1.94. The van der Waals surface area contributed by atoms with Gasteiger partial charge in [-0.25, -0.2) is 4.98 Å². The summed E-state index contributed by atoms with van der Waals surface area (Å²) in [6, 6.07) is 10.8. The molecule has 0 bridgehead atoms. The topological polar surface area (TPSA) is 52.6 Å². The number of likely N-dealkylation sites (tertiary alicyclic amines) is 1. The number of benzene rings is 1. The lowest BCUT2D eigenvalue weighted by Gasteiger charge is -2.33. The lowest BCUT2D eigenvalue weighted by molar-refractivity contribution is -0.140. The molecule has 1 aromatic heterocycles. The maximum atomic E-state index is 12.7. The standard InChI is InChI=1S/C21H28F3N5S/c1-2-25-20(26-11-8-19-28-18(15-30-19)21(22,23)24)27-17-9-12-29(13-10-17)14-16-6-4-3-5-7-16/h3-7,15,17H,2,8-14H2,1H3,(H2,25,26,27). The minimum Gasteiger partial charge on any atom is -0.357 e. The molecule has 1 fully saturated rings. The molecule has 9 heteroatoms. The number of rotatable bonds is 7. The van der Waals surface area contributed by atoms with Crippen LogP contribution in [0.5, 0.6) is 0 Å². The van der Waals surface area contributed by atoms with Gasteiger partial charge >= 0.3 is 6.18 Å². The molecular weight excluding hydrogens is 411 g/mol. The van der Waals surface area contributed by atoms with Gasteiger partial charge in [-0.2, -0.15) is 13.2 Å². The summed E-state index contributed by atoms with van der Waals surface area (Å²) in [6.45, 7) is 6.13. The van der Waals surface area contributed by atoms with Crippen LogP contribution in [0.2, 0.25) is 0 Å². The first-order valence-corrected chi connectivity index (χ1v) is 11.1. The van der Waals surface area contributed by atoms with E-state index in [-0.39, 0.29) is 0 Å². The van der Waals surface area contributed by atoms with E-state index >= 15 is 0 Å². The van der Waals surface area contributed by atoms with Crippen LogP contribution in [0.3, 0.4) is 0 Å². The van der Waals surface area contributed by atoms with Crippen LogP contribution < -0.4 is 10.6 Å². The van der Waals surface area contributed by atoms with Crippen molar-refractivity contribution in [2.75, 3.05) is 26.2 Å². The minimum absolute atomic E-state index is 0.339. The Hall–Kier alpha value is -2.13. The highest BCUT2D eigenvalue weighted by molar-refractivity contribution is 7.09. The number of hydrogen-bond acceptors (Lipinski definition) is 4. The lowest BCUT2D eigenvalue weighted by Crippen LogP contribution is -2.48. The molecule has 1 aliphatic heterocycles. The number of nitrogens with zero attached hydrogens (tertiary/aromatic N) is 3. The van der Waals surface area contributed by atoms with Crippen LogP contribution in [-0.2, 0) is 19.1 Å². The van der Waals surface area contributed by atoms with Crippen molar-refractivity contribution in [2.24, 2.45) is 4.99 Å². The summed E-state index contributed by atoms with van der Waals surface area (Å²) in [5, 5.41) is 8.21. The van der Waals surface area contributed by atoms with Crippen molar-refractivity contribution < 1.29 is 13.2 Å². The number of thiazole rings is 1. The molecule has 3 rings (SSSR count). The first-order valence-electron chi connectivity index (χ1n) is 10.3. The van der Waals surface area contributed by atoms with Crippen molar-refractivity contribution in [2.45, 2.75) is 44.9 Å². The Morgan fingerprint density at radius 3 is 2.60 bits per heavy atom. The smallest absolute Gasteiger partial charge is 0.357 e. The second-order valence-corrected chi connectivity index (χ2v) is 8.26. The molecule has 0 saturated carbocycles. The number of halogens is 3. The molecule has 1 aromatic carbocycles. The Labute approximate surface area is 179 Å². The molecule has 0 spiro atoms. The second-order valence-electron chi connectivity index (χ2n) is 7.32. The van der Waals surface area contributed by atoms with Crippen molar-refractivity contribution >= 4 is 17.3 Å². The Kier molecular flexibility index (Phi) is 8.09. The fourth-order valence-electron chi connectivity index (χ4n) is 3.41. The number of aromatic nitrogens is 1. The average Bonchev–Trinajstić information content (AvgIpc) is 3.20. The van der Waals surface area contributed by atoms with E-state index in [0.29, 0.717) is 30.0 Å². The van der Waals surface area contributed by atoms with E-state index in [9.17, 15) is 13.2 Å². The van der Waals surface area contributed by atoms with Crippen molar-refractivity contribution in [3.8, 4) is 0 Å². The number of nitrogens with one attached hydrogen (secondary N) is 2. The second kappa shape index (κ2) is 10.8. The summed E-state index contributed by atoms with van der Waals surface area (Å²) in [5.74, 6) is 0.714. The normalized spacial score (nSPS) is 16.6. The van der Waals surface area contributed by atoms with E-state index in [4.69, 9.17) is 0 Å². The average molecular weight is 440 g/mol. The monoisotopic (exact) mass is 439 g/mol. The lowest BCUT2D eigenvalue weighted by atomic mass is 10.0. The predicted molar refractivity (Wildman–Crippen MR) is 115 cm³/mol. The molecule has 5 nitrogen and oxygen atoms in total. The molecule has 2 N–H and O–H groups in total. The third kappa shape index (κ3) is 6.98. The zero-order valence-corrected chi connectivity index (χ0v) is 17.9. The van der Waals surface area contributed by atoms with E-state index in [1.807, 2.05) is 13.0 Å². The molecule has 2 aromatic rings. The quantitative estimate of drug-likeness (QED) is 0.507. The zero-order valence-electron chi connectivity index (χ0n) is 17.1. The molecular formula is C21H28F3N5S. The molecule has 164 valence electrons. The molecule has 0 amide bonds. The van der Waals surface area contributed by atoms with Gasteiger partial charge in [-0.1, -0.05) is 30.3 Å². The highest BCUT2D eigenvalue weighted by Crippen LogP contribution is 2.30. The summed E-state index contributed by atoms with van der Waals surface area (Å²) in [7, 11) is 0. The van der Waals surface area contributed by atoms with Crippen LogP contribution in [0.15, 0.2) is 40.7 Å². The molecule has 0 aliphatic carbocycles. The molecule has 1 saturated heterocycles. The van der Waals surface area contributed by atoms with Crippen LogP contribution in [0, 0.1) is 0 Å². The maximum absolute atomic E-state index is 12.7. The predicted octanol–water partition coefficient (Wildman–Crippen LogP) is 3.92. The van der Waals surface area contributed by atoms with Gasteiger partial charge < -0.3 is 10.6 Å². The van der Waals surface area contributed by atoms with Gasteiger partial charge in [-0.15, -0.1) is 11.3 Å². The van der Waals surface area contributed by atoms with E-state index in [1.165, 1.54) is 5.56 Å². The zero-order chi connectivity index (χ0) is 21.4. The van der Waals surface area contributed by atoms with E-state index in [2.05, 4.69) is 49.8 Å². The van der Waals surface area contributed by atoms with Crippen LogP contribution in [0.4, 0.5) is 13.2 Å². The summed E-state index contributed by atoms with van der Waals surface area (Å²) in [4.78, 5) is 10.6. The number of alkyl halides is 3. The number of hydrogen-bond donors (Lipinski definition) is 2. The van der Waals surface area contributed by atoms with Crippen molar-refractivity contribution in [1.82, 2.24) is 20.5 Å². The van der Waals surface area contributed by atoms with E-state index in [0.717, 1.165) is 55.7 Å². The van der Waals surface area contributed by atoms with Gasteiger partial charge in [0.05, 0.1) is 5.01 Å². The maximum Gasteiger partial charge on any atom is 0.434 e. The van der Waals surface area contributed by atoms with Crippen LogP contribution in [-0.4, -0.2) is 48.1 Å². The Morgan fingerprint density at radius 2 is 1.97 bits per heavy atom. The Balaban J connectivity index is 1.45. The number of aliphatic imine (C=N–C) groups is 1. The van der Waals surface area contributed by atoms with Gasteiger partial charge in [0.15, 0.2) is 11.7 Å². The first kappa shape index (κ1) is 22.6. The van der Waals surface area contributed by atoms with Crippen molar-refractivity contribution in [3.05, 3.63) is 52.0 Å². The third-order valence-corrected chi connectivity index (χ3v) is 5.87. The summed E-state index contributed by atoms with van der Waals surface area (Å²) < 4.78 is 38.0. The molecule has 30 heavy (non-hydrogen) atoms. The fraction of sp³-hybridized carbons (Fsp3) is 0.524. The first-order chi connectivity index (χ1) is 14.4. The Bertz CT molecular complexity index is 798. The van der Waals surface area contributed by atoms with Gasteiger partial charge in [0.25, 0.3) is 0 Å². The fourth-order valence-corrected chi connectivity index (χ4v) is 4.20. The molecule has 1 aliphatic rings. The molecule has 0 atom stereocenters. The van der Waals surface area contributed by atoms with Gasteiger partial charge in [0.2, 0.25) is 0 Å². The third-order valence-electron chi connectivity index (χ3n) is 4.96. The molecule has 0 radical (unpaired) electrons. The minimum atomic E-state index is -4.39. The van der Waals surface area contributed by atoms with Crippen LogP contribution >= 0.6 is 11.3 Å². The number of piperidine rings is 1. The van der Waals surface area contributed by atoms with Crippen LogP contribution in [0.1, 0.15) is 36.0 Å². The van der Waals surface area contributed by atoms with Crippen molar-refractivity contribution in [1.29, 1.82) is 0 Å². The van der Waals surface area contributed by atoms with Crippen molar-refractivity contribution in [3.63, 3.8) is 0 Å². The largest absolute Gasteiger partial charge is 0.434 e. The highest BCUT2D eigenvalue weighted by atomic mass is 32.1. The van der Waals surface area contributed by atoms with Gasteiger partial charge in [-0.3, -0.25) is 9.89 Å². The molecule has 0 unspecified atom stereocenters. The SMILES string of the molecule is CCNC(=NCCc1nc(C(F)(F)F)cs1)NC1CCN(Cc2ccccc2)CC1. The van der Waals surface area contributed by atoms with Gasteiger partial charge in [0, 0.05) is 50.6 Å². The highest BCUT2D eigenvalue weighted by Gasteiger charge is 2.33. The summed E-state index contributed by atoms with van der Waals surface area (Å²) in [5.41, 5.74) is 0.508. The summed E-state index contributed by atoms with van der Waals surface area (Å²) >= 11 is 1.03. The van der Waals surface area contributed by atoms with E-state index in [1.54, 1.807) is 0 Å². The van der Waals surface area contributed by atoms with E-state index < -0.39 is 11.9 Å². The Morgan fingerprint density at radius 1 is 1.23 bits per heavy atom. The van der Waals surface area contributed by atoms with Gasteiger partial charge in [-0.05, 0) is 25.3 Å². The van der Waals surface area contributed by atoms with Gasteiger partial charge in [0.1, 0.15) is 0 Å². The number of guanidine groups is 1.